The van der Waals surface area contributed by atoms with E-state index in [0.717, 1.165) is 17.1 Å². The van der Waals surface area contributed by atoms with Crippen molar-refractivity contribution in [2.75, 3.05) is 0 Å². The Hall–Kier alpha value is -1.39. The molecule has 1 aromatic heterocycles. The van der Waals surface area contributed by atoms with Crippen molar-refractivity contribution < 1.29 is 5.11 Å². The van der Waals surface area contributed by atoms with Crippen LogP contribution in [0.15, 0.2) is 24.3 Å². The van der Waals surface area contributed by atoms with Gasteiger partial charge in [-0.3, -0.25) is 0 Å². The molecule has 2 N–H and O–H groups in total. The van der Waals surface area contributed by atoms with E-state index in [0.29, 0.717) is 5.92 Å². The molecule has 2 rings (SSSR count). The van der Waals surface area contributed by atoms with Crippen LogP contribution in [-0.2, 0) is 6.54 Å². The van der Waals surface area contributed by atoms with Gasteiger partial charge in [-0.15, -0.1) is 11.3 Å². The average Bonchev–Trinajstić information content (AvgIpc) is 2.81. The number of thiazole rings is 1. The fourth-order valence-electron chi connectivity index (χ4n) is 2.01. The fourth-order valence-corrected chi connectivity index (χ4v) is 3.18. The minimum absolute atomic E-state index is 0.0942. The largest absolute Gasteiger partial charge is 0.508 e. The third kappa shape index (κ3) is 4.29. The molecule has 0 fully saturated rings. The molecule has 0 aliphatic carbocycles. The molecule has 2 aromatic rings. The van der Waals surface area contributed by atoms with Crippen molar-refractivity contribution in [3.63, 3.8) is 0 Å². The van der Waals surface area contributed by atoms with Crippen LogP contribution in [0.1, 0.15) is 51.1 Å². The molecule has 4 heteroatoms. The molecule has 3 nitrogen and oxygen atoms in total. The third-order valence-electron chi connectivity index (χ3n) is 3.17. The monoisotopic (exact) mass is 304 g/mol. The lowest BCUT2D eigenvalue weighted by molar-refractivity contribution is 0.425. The fraction of sp³-hybridized carbons (Fsp3) is 0.471. The zero-order valence-corrected chi connectivity index (χ0v) is 14.2. The minimum Gasteiger partial charge on any atom is -0.508 e. The number of phenols is 1. The van der Waals surface area contributed by atoms with Gasteiger partial charge in [0.1, 0.15) is 10.8 Å². The summed E-state index contributed by atoms with van der Waals surface area (Å²) in [5.74, 6) is 0.692. The number of rotatable bonds is 4. The molecule has 0 spiro atoms. The number of nitrogens with one attached hydrogen (secondary N) is 1. The van der Waals surface area contributed by atoms with Gasteiger partial charge in [-0.2, -0.15) is 0 Å². The predicted molar refractivity (Wildman–Crippen MR) is 89.9 cm³/mol. The maximum atomic E-state index is 9.40. The van der Waals surface area contributed by atoms with Gasteiger partial charge in [0.05, 0.1) is 5.69 Å². The number of benzene rings is 1. The SMILES string of the molecule is CC(C)c1nc(-c2ccc(O)cc2)sc1CNC(C)(C)C. The van der Waals surface area contributed by atoms with Crippen molar-refractivity contribution in [3.8, 4) is 16.3 Å². The van der Waals surface area contributed by atoms with Gasteiger partial charge in [0.2, 0.25) is 0 Å². The summed E-state index contributed by atoms with van der Waals surface area (Å²) in [5.41, 5.74) is 2.32. The first kappa shape index (κ1) is 16.0. The summed E-state index contributed by atoms with van der Waals surface area (Å²) in [5, 5.41) is 14.0. The molecule has 0 amide bonds. The first-order chi connectivity index (χ1) is 9.76. The van der Waals surface area contributed by atoms with Crippen LogP contribution in [0.3, 0.4) is 0 Å². The van der Waals surface area contributed by atoms with Gasteiger partial charge in [0.25, 0.3) is 0 Å². The molecular formula is C17H24N2OS. The molecule has 0 unspecified atom stereocenters. The summed E-state index contributed by atoms with van der Waals surface area (Å²) in [6.45, 7) is 11.7. The van der Waals surface area contributed by atoms with Gasteiger partial charge < -0.3 is 10.4 Å². The van der Waals surface area contributed by atoms with E-state index in [2.05, 4.69) is 39.9 Å². The summed E-state index contributed by atoms with van der Waals surface area (Å²) in [4.78, 5) is 6.10. The second-order valence-electron chi connectivity index (χ2n) is 6.63. The van der Waals surface area contributed by atoms with Crippen LogP contribution in [0.25, 0.3) is 10.6 Å². The molecule has 0 bridgehead atoms. The molecule has 0 radical (unpaired) electrons. The zero-order valence-electron chi connectivity index (χ0n) is 13.4. The molecule has 0 saturated carbocycles. The lowest BCUT2D eigenvalue weighted by Gasteiger charge is -2.20. The highest BCUT2D eigenvalue weighted by molar-refractivity contribution is 7.15. The van der Waals surface area contributed by atoms with E-state index in [1.807, 2.05) is 12.1 Å². The number of hydrogen-bond donors (Lipinski definition) is 2. The van der Waals surface area contributed by atoms with Crippen molar-refractivity contribution in [3.05, 3.63) is 34.8 Å². The molecule has 0 saturated heterocycles. The summed E-state index contributed by atoms with van der Waals surface area (Å²) in [7, 11) is 0. The van der Waals surface area contributed by atoms with Crippen molar-refractivity contribution in [2.45, 2.75) is 52.6 Å². The zero-order chi connectivity index (χ0) is 15.6. The van der Waals surface area contributed by atoms with Crippen LogP contribution >= 0.6 is 11.3 Å². The standard InChI is InChI=1S/C17H24N2OS/c1-11(2)15-14(10-18-17(3,4)5)21-16(19-15)12-6-8-13(20)9-7-12/h6-9,11,18,20H,10H2,1-5H3. The minimum atomic E-state index is 0.0942. The summed E-state index contributed by atoms with van der Waals surface area (Å²) in [6.07, 6.45) is 0. The van der Waals surface area contributed by atoms with E-state index >= 15 is 0 Å². The second kappa shape index (κ2) is 6.16. The molecule has 114 valence electrons. The molecule has 1 aromatic carbocycles. The maximum Gasteiger partial charge on any atom is 0.123 e. The molecule has 0 atom stereocenters. The van der Waals surface area contributed by atoms with Crippen molar-refractivity contribution in [1.29, 1.82) is 0 Å². The van der Waals surface area contributed by atoms with E-state index in [1.165, 1.54) is 10.6 Å². The number of aromatic nitrogens is 1. The average molecular weight is 304 g/mol. The topological polar surface area (TPSA) is 45.2 Å². The molecular weight excluding hydrogens is 280 g/mol. The number of nitrogens with zero attached hydrogens (tertiary/aromatic N) is 1. The highest BCUT2D eigenvalue weighted by Crippen LogP contribution is 2.32. The summed E-state index contributed by atoms with van der Waals surface area (Å²) in [6, 6.07) is 7.25. The number of hydrogen-bond acceptors (Lipinski definition) is 4. The van der Waals surface area contributed by atoms with E-state index in [9.17, 15) is 5.11 Å². The maximum absolute atomic E-state index is 9.40. The van der Waals surface area contributed by atoms with E-state index in [1.54, 1.807) is 23.5 Å². The van der Waals surface area contributed by atoms with Gasteiger partial charge in [-0.25, -0.2) is 4.98 Å². The predicted octanol–water partition coefficient (Wildman–Crippen LogP) is 4.53. The van der Waals surface area contributed by atoms with Gasteiger partial charge in [0.15, 0.2) is 0 Å². The molecule has 21 heavy (non-hydrogen) atoms. The van der Waals surface area contributed by atoms with Crippen molar-refractivity contribution in [2.24, 2.45) is 0 Å². The molecule has 0 aliphatic rings. The molecule has 0 aliphatic heterocycles. The summed E-state index contributed by atoms with van der Waals surface area (Å²) >= 11 is 1.73. The Labute approximate surface area is 131 Å². The highest BCUT2D eigenvalue weighted by atomic mass is 32.1. The lowest BCUT2D eigenvalue weighted by Crippen LogP contribution is -2.35. The second-order valence-corrected chi connectivity index (χ2v) is 7.72. The van der Waals surface area contributed by atoms with Gasteiger partial charge in [-0.05, 0) is 51.0 Å². The van der Waals surface area contributed by atoms with Crippen LogP contribution < -0.4 is 5.32 Å². The lowest BCUT2D eigenvalue weighted by atomic mass is 10.1. The Morgan fingerprint density at radius 3 is 2.33 bits per heavy atom. The van der Waals surface area contributed by atoms with Gasteiger partial charge >= 0.3 is 0 Å². The van der Waals surface area contributed by atoms with Crippen LogP contribution in [0.5, 0.6) is 5.75 Å². The first-order valence-electron chi connectivity index (χ1n) is 7.30. The Bertz CT molecular complexity index is 594. The number of phenolic OH excluding ortho intramolecular Hbond substituents is 1. The van der Waals surface area contributed by atoms with E-state index in [4.69, 9.17) is 4.98 Å². The van der Waals surface area contributed by atoms with Gasteiger partial charge in [-0.1, -0.05) is 13.8 Å². The number of aromatic hydroxyl groups is 1. The summed E-state index contributed by atoms with van der Waals surface area (Å²) < 4.78 is 0. The van der Waals surface area contributed by atoms with Crippen LogP contribution in [0, 0.1) is 0 Å². The normalized spacial score (nSPS) is 12.1. The highest BCUT2D eigenvalue weighted by Gasteiger charge is 2.17. The van der Waals surface area contributed by atoms with E-state index < -0.39 is 0 Å². The smallest absolute Gasteiger partial charge is 0.123 e. The van der Waals surface area contributed by atoms with Crippen molar-refractivity contribution >= 4 is 11.3 Å². The Morgan fingerprint density at radius 1 is 1.19 bits per heavy atom. The quantitative estimate of drug-likeness (QED) is 0.872. The van der Waals surface area contributed by atoms with E-state index in [-0.39, 0.29) is 11.3 Å². The van der Waals surface area contributed by atoms with Crippen LogP contribution in [-0.4, -0.2) is 15.6 Å². The Balaban J connectivity index is 2.30. The van der Waals surface area contributed by atoms with Gasteiger partial charge in [0, 0.05) is 22.5 Å². The van der Waals surface area contributed by atoms with Crippen LogP contribution in [0.2, 0.25) is 0 Å². The molecule has 1 heterocycles. The Kier molecular flexibility index (Phi) is 4.69. The third-order valence-corrected chi connectivity index (χ3v) is 4.29. The first-order valence-corrected chi connectivity index (χ1v) is 8.12. The Morgan fingerprint density at radius 2 is 1.81 bits per heavy atom. The van der Waals surface area contributed by atoms with Crippen LogP contribution in [0.4, 0.5) is 0 Å². The van der Waals surface area contributed by atoms with Crippen molar-refractivity contribution in [1.82, 2.24) is 10.3 Å².